The monoisotopic (exact) mass is 368 g/mol. The van der Waals surface area contributed by atoms with Crippen LogP contribution in [0.4, 0.5) is 0 Å². The summed E-state index contributed by atoms with van der Waals surface area (Å²) in [5.74, 6) is 0.419. The molecule has 132 valence electrons. The largest absolute Gasteiger partial charge is 0.486 e. The third-order valence-electron chi connectivity index (χ3n) is 4.22. The number of ether oxygens (including phenoxy) is 2. The molecule has 3 aromatic rings. The Kier molecular flexibility index (Phi) is 4.56. The molecular weight excluding hydrogens is 352 g/mol. The van der Waals surface area contributed by atoms with Crippen molar-refractivity contribution < 1.29 is 14.3 Å². The minimum Gasteiger partial charge on any atom is -0.486 e. The Labute approximate surface area is 153 Å². The number of thiazole rings is 1. The first-order valence-corrected chi connectivity index (χ1v) is 9.08. The standard InChI is InChI=1S/C18H16N4O3S/c19-9-12-1-3-13(4-2-12)25-16-11-24-7-5-14(16)20-17(23)15-10-22-6-8-26-18(22)21-15/h1-4,6,8,10,14,16H,5,7,11H2,(H,20,23)/t14-,16-/m1/s1. The van der Waals surface area contributed by atoms with E-state index in [4.69, 9.17) is 14.7 Å². The average Bonchev–Trinajstić information content (AvgIpc) is 3.26. The second-order valence-electron chi connectivity index (χ2n) is 5.96. The summed E-state index contributed by atoms with van der Waals surface area (Å²) in [6, 6.07) is 8.79. The van der Waals surface area contributed by atoms with E-state index < -0.39 is 0 Å². The van der Waals surface area contributed by atoms with Gasteiger partial charge in [-0.05, 0) is 30.7 Å². The highest BCUT2D eigenvalue weighted by atomic mass is 32.1. The van der Waals surface area contributed by atoms with Crippen molar-refractivity contribution >= 4 is 22.2 Å². The average molecular weight is 368 g/mol. The van der Waals surface area contributed by atoms with E-state index in [-0.39, 0.29) is 18.1 Å². The van der Waals surface area contributed by atoms with Gasteiger partial charge in [-0.25, -0.2) is 4.98 Å². The molecule has 0 radical (unpaired) electrons. The first-order valence-electron chi connectivity index (χ1n) is 8.20. The minimum atomic E-state index is -0.302. The summed E-state index contributed by atoms with van der Waals surface area (Å²) < 4.78 is 13.3. The summed E-state index contributed by atoms with van der Waals surface area (Å²) in [5.41, 5.74) is 0.960. The van der Waals surface area contributed by atoms with Gasteiger partial charge in [0.05, 0.1) is 24.3 Å². The van der Waals surface area contributed by atoms with E-state index >= 15 is 0 Å². The van der Waals surface area contributed by atoms with Crippen molar-refractivity contribution in [3.63, 3.8) is 0 Å². The van der Waals surface area contributed by atoms with Gasteiger partial charge in [0.1, 0.15) is 17.5 Å². The smallest absolute Gasteiger partial charge is 0.271 e. The van der Waals surface area contributed by atoms with Crippen molar-refractivity contribution in [2.75, 3.05) is 13.2 Å². The summed E-state index contributed by atoms with van der Waals surface area (Å²) in [6.07, 6.45) is 3.95. The lowest BCUT2D eigenvalue weighted by Gasteiger charge is -2.32. The molecule has 1 aliphatic rings. The van der Waals surface area contributed by atoms with E-state index in [1.165, 1.54) is 11.3 Å². The van der Waals surface area contributed by atoms with Gasteiger partial charge in [0.15, 0.2) is 4.96 Å². The number of nitrogens with one attached hydrogen (secondary N) is 1. The number of rotatable bonds is 4. The summed E-state index contributed by atoms with van der Waals surface area (Å²) >= 11 is 1.48. The summed E-state index contributed by atoms with van der Waals surface area (Å²) in [5, 5.41) is 13.8. The van der Waals surface area contributed by atoms with Crippen LogP contribution in [0.5, 0.6) is 5.75 Å². The molecule has 1 aliphatic heterocycles. The second kappa shape index (κ2) is 7.15. The molecule has 8 heteroatoms. The number of fused-ring (bicyclic) bond motifs is 1. The molecule has 0 saturated carbocycles. The topological polar surface area (TPSA) is 88.6 Å². The Morgan fingerprint density at radius 3 is 3.04 bits per heavy atom. The Balaban J connectivity index is 1.45. The Morgan fingerprint density at radius 2 is 2.27 bits per heavy atom. The Hall–Kier alpha value is -2.89. The maximum absolute atomic E-state index is 12.5. The van der Waals surface area contributed by atoms with Crippen LogP contribution >= 0.6 is 11.3 Å². The lowest BCUT2D eigenvalue weighted by atomic mass is 10.1. The highest BCUT2D eigenvalue weighted by molar-refractivity contribution is 7.15. The molecule has 4 rings (SSSR count). The maximum Gasteiger partial charge on any atom is 0.271 e. The van der Waals surface area contributed by atoms with Crippen LogP contribution in [-0.4, -0.2) is 40.7 Å². The molecule has 1 saturated heterocycles. The molecule has 0 bridgehead atoms. The number of aromatic nitrogens is 2. The predicted molar refractivity (Wildman–Crippen MR) is 95.3 cm³/mol. The fourth-order valence-electron chi connectivity index (χ4n) is 2.86. The number of benzene rings is 1. The van der Waals surface area contributed by atoms with Crippen LogP contribution in [0.1, 0.15) is 22.5 Å². The number of carbonyl (C=O) groups is 1. The molecule has 0 aliphatic carbocycles. The molecule has 2 atom stereocenters. The SMILES string of the molecule is N#Cc1ccc(O[C@@H]2COCC[C@H]2NC(=O)c2cn3ccsc3n2)cc1. The van der Waals surface area contributed by atoms with E-state index in [0.29, 0.717) is 36.6 Å². The van der Waals surface area contributed by atoms with E-state index in [0.717, 1.165) is 4.96 Å². The van der Waals surface area contributed by atoms with Gasteiger partial charge in [0.2, 0.25) is 0 Å². The third-order valence-corrected chi connectivity index (χ3v) is 4.99. The van der Waals surface area contributed by atoms with Gasteiger partial charge in [-0.15, -0.1) is 11.3 Å². The fraction of sp³-hybridized carbons (Fsp3) is 0.278. The zero-order valence-electron chi connectivity index (χ0n) is 13.8. The zero-order chi connectivity index (χ0) is 17.9. The number of hydrogen-bond donors (Lipinski definition) is 1. The number of nitrogens with zero attached hydrogens (tertiary/aromatic N) is 3. The molecule has 3 heterocycles. The van der Waals surface area contributed by atoms with Crippen LogP contribution in [0.25, 0.3) is 4.96 Å². The first kappa shape index (κ1) is 16.6. The van der Waals surface area contributed by atoms with E-state index in [1.807, 2.05) is 16.0 Å². The van der Waals surface area contributed by atoms with Crippen molar-refractivity contribution in [2.45, 2.75) is 18.6 Å². The quantitative estimate of drug-likeness (QED) is 0.763. The Bertz CT molecular complexity index is 928. The van der Waals surface area contributed by atoms with E-state index in [2.05, 4.69) is 16.4 Å². The maximum atomic E-state index is 12.5. The predicted octanol–water partition coefficient (Wildman–Crippen LogP) is 2.23. The highest BCUT2D eigenvalue weighted by Gasteiger charge is 2.30. The third kappa shape index (κ3) is 3.40. The first-order chi connectivity index (χ1) is 12.7. The fourth-order valence-corrected chi connectivity index (χ4v) is 3.56. The van der Waals surface area contributed by atoms with Crippen LogP contribution in [-0.2, 0) is 4.74 Å². The van der Waals surface area contributed by atoms with E-state index in [1.54, 1.807) is 30.5 Å². The number of amides is 1. The number of nitriles is 1. The van der Waals surface area contributed by atoms with Gasteiger partial charge in [-0.1, -0.05) is 0 Å². The summed E-state index contributed by atoms with van der Waals surface area (Å²) in [6.45, 7) is 0.958. The molecular formula is C18H16N4O3S. The molecule has 26 heavy (non-hydrogen) atoms. The summed E-state index contributed by atoms with van der Waals surface area (Å²) in [7, 11) is 0. The number of hydrogen-bond acceptors (Lipinski definition) is 6. The van der Waals surface area contributed by atoms with Crippen molar-refractivity contribution in [3.8, 4) is 11.8 Å². The van der Waals surface area contributed by atoms with Gasteiger partial charge in [-0.2, -0.15) is 5.26 Å². The van der Waals surface area contributed by atoms with Crippen LogP contribution in [0.2, 0.25) is 0 Å². The van der Waals surface area contributed by atoms with Gasteiger partial charge in [0, 0.05) is 24.4 Å². The molecule has 1 aromatic carbocycles. The lowest BCUT2D eigenvalue weighted by Crippen LogP contribution is -2.51. The van der Waals surface area contributed by atoms with Gasteiger partial charge in [-0.3, -0.25) is 9.20 Å². The van der Waals surface area contributed by atoms with Crippen molar-refractivity contribution in [2.24, 2.45) is 0 Å². The van der Waals surface area contributed by atoms with Crippen LogP contribution < -0.4 is 10.1 Å². The number of imidazole rings is 1. The normalized spacial score (nSPS) is 19.8. The van der Waals surface area contributed by atoms with Crippen LogP contribution in [0, 0.1) is 11.3 Å². The van der Waals surface area contributed by atoms with Crippen LogP contribution in [0.15, 0.2) is 42.0 Å². The molecule has 2 aromatic heterocycles. The molecule has 1 fully saturated rings. The Morgan fingerprint density at radius 1 is 1.42 bits per heavy atom. The van der Waals surface area contributed by atoms with E-state index in [9.17, 15) is 4.79 Å². The minimum absolute atomic E-state index is 0.174. The molecule has 1 N–H and O–H groups in total. The zero-order valence-corrected chi connectivity index (χ0v) is 14.6. The second-order valence-corrected chi connectivity index (χ2v) is 6.83. The van der Waals surface area contributed by atoms with Gasteiger partial charge < -0.3 is 14.8 Å². The molecule has 7 nitrogen and oxygen atoms in total. The molecule has 0 unspecified atom stereocenters. The number of carbonyl (C=O) groups excluding carboxylic acids is 1. The highest BCUT2D eigenvalue weighted by Crippen LogP contribution is 2.19. The van der Waals surface area contributed by atoms with Crippen LogP contribution in [0.3, 0.4) is 0 Å². The lowest BCUT2D eigenvalue weighted by molar-refractivity contribution is -0.0135. The van der Waals surface area contributed by atoms with Crippen molar-refractivity contribution in [1.82, 2.24) is 14.7 Å². The molecule has 0 spiro atoms. The van der Waals surface area contributed by atoms with Gasteiger partial charge in [0.25, 0.3) is 5.91 Å². The van der Waals surface area contributed by atoms with Gasteiger partial charge >= 0.3 is 0 Å². The molecule has 1 amide bonds. The van der Waals surface area contributed by atoms with Crippen molar-refractivity contribution in [1.29, 1.82) is 5.26 Å². The van der Waals surface area contributed by atoms with Crippen molar-refractivity contribution in [3.05, 3.63) is 53.3 Å². The summed E-state index contributed by atoms with van der Waals surface area (Å²) in [4.78, 5) is 17.7.